The molecule has 4 aliphatic carbocycles. The highest BCUT2D eigenvalue weighted by atomic mass is 19.3. The molecule has 4 fully saturated rings. The third-order valence-electron chi connectivity index (χ3n) is 6.96. The van der Waals surface area contributed by atoms with E-state index in [1.54, 1.807) is 0 Å². The molecule has 2 amide bonds. The molecule has 5 aliphatic rings. The maximum Gasteiger partial charge on any atom is 0.586 e. The number of carbonyl (C=O) groups excluding carboxylic acids is 3. The Morgan fingerprint density at radius 1 is 1.00 bits per heavy atom. The molecule has 4 bridgehead atoms. The van der Waals surface area contributed by atoms with Crippen LogP contribution in [0, 0.1) is 23.2 Å². The molecule has 10 heteroatoms. The first kappa shape index (κ1) is 21.0. The highest BCUT2D eigenvalue weighted by Crippen LogP contribution is 2.60. The van der Waals surface area contributed by atoms with E-state index in [1.807, 2.05) is 0 Å². The summed E-state index contributed by atoms with van der Waals surface area (Å²) in [6, 6.07) is 3.77. The number of fused-ring (bicyclic) bond motifs is 1. The molecule has 0 atom stereocenters. The maximum absolute atomic E-state index is 13.1. The second-order valence-electron chi connectivity index (χ2n) is 9.42. The highest BCUT2D eigenvalue weighted by Gasteiger charge is 2.54. The first-order valence-electron chi connectivity index (χ1n) is 10.8. The lowest BCUT2D eigenvalue weighted by Crippen LogP contribution is -2.54. The van der Waals surface area contributed by atoms with Crippen LogP contribution in [0.15, 0.2) is 18.2 Å². The first-order valence-corrected chi connectivity index (χ1v) is 10.8. The van der Waals surface area contributed by atoms with E-state index in [0.717, 1.165) is 19.3 Å². The Hall–Kier alpha value is -2.91. The molecule has 0 unspecified atom stereocenters. The maximum atomic E-state index is 13.1. The Morgan fingerprint density at radius 3 is 2.28 bits per heavy atom. The summed E-state index contributed by atoms with van der Waals surface area (Å²) in [7, 11) is 0. The largest absolute Gasteiger partial charge is 0.586 e. The zero-order valence-corrected chi connectivity index (χ0v) is 17.3. The van der Waals surface area contributed by atoms with Gasteiger partial charge in [-0.15, -0.1) is 8.78 Å². The van der Waals surface area contributed by atoms with Gasteiger partial charge in [0.15, 0.2) is 18.1 Å². The number of hydrogen-bond donors (Lipinski definition) is 2. The van der Waals surface area contributed by atoms with Crippen LogP contribution in [0.25, 0.3) is 0 Å². The molecule has 0 saturated heterocycles. The molecular formula is C22H24F2N2O6. The molecule has 0 aromatic heterocycles. The molecule has 1 aromatic carbocycles. The standard InChI is InChI=1S/C22H24F2N2O6/c23-22(24)31-16-2-1-15(6-17(16)32-22)26-18(27)11-30-19(28)10-25-20(29)21-7-12-3-13(8-21)5-14(4-12)9-21/h1-2,6,12-14H,3-5,7-11H2,(H,25,29)(H,26,27). The molecule has 0 spiro atoms. The van der Waals surface area contributed by atoms with Crippen LogP contribution in [-0.4, -0.2) is 37.2 Å². The van der Waals surface area contributed by atoms with Crippen molar-refractivity contribution in [2.75, 3.05) is 18.5 Å². The Kier molecular flexibility index (Phi) is 4.98. The number of amides is 2. The molecule has 2 N–H and O–H groups in total. The van der Waals surface area contributed by atoms with Gasteiger partial charge in [0.05, 0.1) is 0 Å². The van der Waals surface area contributed by atoms with E-state index in [9.17, 15) is 23.2 Å². The van der Waals surface area contributed by atoms with Crippen molar-refractivity contribution in [2.24, 2.45) is 23.2 Å². The van der Waals surface area contributed by atoms with Gasteiger partial charge in [0.25, 0.3) is 5.91 Å². The van der Waals surface area contributed by atoms with Gasteiger partial charge >= 0.3 is 12.3 Å². The van der Waals surface area contributed by atoms with Crippen molar-refractivity contribution in [3.8, 4) is 11.5 Å². The molecule has 4 saturated carbocycles. The summed E-state index contributed by atoms with van der Waals surface area (Å²) in [6.45, 7) is -0.871. The second-order valence-corrected chi connectivity index (χ2v) is 9.42. The zero-order chi connectivity index (χ0) is 22.5. The second kappa shape index (κ2) is 7.60. The number of esters is 1. The van der Waals surface area contributed by atoms with Gasteiger partial charge in [0, 0.05) is 17.2 Å². The van der Waals surface area contributed by atoms with Crippen LogP contribution >= 0.6 is 0 Å². The Balaban J connectivity index is 1.07. The van der Waals surface area contributed by atoms with E-state index in [0.29, 0.717) is 17.8 Å². The van der Waals surface area contributed by atoms with Crippen molar-refractivity contribution >= 4 is 23.5 Å². The van der Waals surface area contributed by atoms with Crippen LogP contribution in [0.4, 0.5) is 14.5 Å². The molecule has 32 heavy (non-hydrogen) atoms. The third kappa shape index (κ3) is 4.10. The minimum atomic E-state index is -3.75. The van der Waals surface area contributed by atoms with Crippen molar-refractivity contribution in [3.63, 3.8) is 0 Å². The molecule has 6 rings (SSSR count). The molecule has 1 heterocycles. The van der Waals surface area contributed by atoms with Gasteiger partial charge in [-0.25, -0.2) is 0 Å². The lowest BCUT2D eigenvalue weighted by atomic mass is 9.49. The summed E-state index contributed by atoms with van der Waals surface area (Å²) in [5.74, 6) is 0.0293. The van der Waals surface area contributed by atoms with Crippen LogP contribution in [0.5, 0.6) is 11.5 Å². The topological polar surface area (TPSA) is 103 Å². The van der Waals surface area contributed by atoms with Crippen molar-refractivity contribution in [2.45, 2.75) is 44.8 Å². The van der Waals surface area contributed by atoms with Crippen molar-refractivity contribution < 1.29 is 37.4 Å². The first-order chi connectivity index (χ1) is 15.2. The van der Waals surface area contributed by atoms with Gasteiger partial charge < -0.3 is 24.8 Å². The predicted octanol–water partition coefficient (Wildman–Crippen LogP) is 2.82. The van der Waals surface area contributed by atoms with Crippen molar-refractivity contribution in [1.29, 1.82) is 0 Å². The third-order valence-corrected chi connectivity index (χ3v) is 6.96. The van der Waals surface area contributed by atoms with Crippen LogP contribution < -0.4 is 20.1 Å². The highest BCUT2D eigenvalue weighted by molar-refractivity contribution is 5.93. The molecule has 172 valence electrons. The minimum absolute atomic E-state index is 0.0878. The number of benzene rings is 1. The fourth-order valence-corrected chi connectivity index (χ4v) is 6.15. The smallest absolute Gasteiger partial charge is 0.454 e. The summed E-state index contributed by atoms with van der Waals surface area (Å²) >= 11 is 0. The molecule has 1 aromatic rings. The quantitative estimate of drug-likeness (QED) is 0.646. The number of rotatable bonds is 6. The van der Waals surface area contributed by atoms with Crippen molar-refractivity contribution in [1.82, 2.24) is 5.32 Å². The summed E-state index contributed by atoms with van der Waals surface area (Å²) in [4.78, 5) is 36.9. The number of anilines is 1. The average molecular weight is 450 g/mol. The summed E-state index contributed by atoms with van der Waals surface area (Å²) < 4.78 is 39.7. The Bertz CT molecular complexity index is 930. The van der Waals surface area contributed by atoms with Gasteiger partial charge in [0.2, 0.25) is 5.91 Å². The van der Waals surface area contributed by atoms with E-state index >= 15 is 0 Å². The number of carbonyl (C=O) groups is 3. The average Bonchev–Trinajstić information content (AvgIpc) is 3.02. The van der Waals surface area contributed by atoms with Crippen molar-refractivity contribution in [3.05, 3.63) is 18.2 Å². The van der Waals surface area contributed by atoms with Gasteiger partial charge in [-0.3, -0.25) is 14.4 Å². The number of nitrogens with one attached hydrogen (secondary N) is 2. The predicted molar refractivity (Wildman–Crippen MR) is 106 cm³/mol. The molecule has 0 radical (unpaired) electrons. The fraction of sp³-hybridized carbons (Fsp3) is 0.591. The lowest BCUT2D eigenvalue weighted by Gasteiger charge is -2.55. The lowest BCUT2D eigenvalue weighted by molar-refractivity contribution is -0.286. The summed E-state index contributed by atoms with van der Waals surface area (Å²) in [5.41, 5.74) is -0.177. The van der Waals surface area contributed by atoms with Crippen LogP contribution in [0.2, 0.25) is 0 Å². The normalized spacial score (nSPS) is 30.6. The van der Waals surface area contributed by atoms with E-state index in [-0.39, 0.29) is 35.1 Å². The number of ether oxygens (including phenoxy) is 3. The molecule has 8 nitrogen and oxygen atoms in total. The number of alkyl halides is 2. The van der Waals surface area contributed by atoms with E-state index < -0.39 is 24.8 Å². The number of hydrogen-bond acceptors (Lipinski definition) is 6. The van der Waals surface area contributed by atoms with Crippen LogP contribution in [0.1, 0.15) is 38.5 Å². The van der Waals surface area contributed by atoms with E-state index in [4.69, 9.17) is 4.74 Å². The number of halogens is 2. The SMILES string of the molecule is O=C(COC(=O)CNC(=O)C12CC3CC(CC(C3)C1)C2)Nc1ccc2c(c1)OC(F)(F)O2. The van der Waals surface area contributed by atoms with E-state index in [1.165, 1.54) is 37.5 Å². The van der Waals surface area contributed by atoms with Gasteiger partial charge in [-0.05, 0) is 68.4 Å². The molecular weight excluding hydrogens is 426 g/mol. The Labute approximate surface area is 183 Å². The minimum Gasteiger partial charge on any atom is -0.454 e. The molecule has 1 aliphatic heterocycles. The van der Waals surface area contributed by atoms with Gasteiger partial charge in [-0.2, -0.15) is 0 Å². The summed E-state index contributed by atoms with van der Waals surface area (Å²) in [6.07, 6.45) is 2.58. The zero-order valence-electron chi connectivity index (χ0n) is 17.3. The Morgan fingerprint density at radius 2 is 1.62 bits per heavy atom. The van der Waals surface area contributed by atoms with Gasteiger partial charge in [-0.1, -0.05) is 0 Å². The monoisotopic (exact) mass is 450 g/mol. The van der Waals surface area contributed by atoms with Crippen LogP contribution in [-0.2, 0) is 19.1 Å². The summed E-state index contributed by atoms with van der Waals surface area (Å²) in [5, 5.41) is 5.13. The van der Waals surface area contributed by atoms with Crippen LogP contribution in [0.3, 0.4) is 0 Å². The van der Waals surface area contributed by atoms with Gasteiger partial charge in [0.1, 0.15) is 6.54 Å². The fourth-order valence-electron chi connectivity index (χ4n) is 6.15. The van der Waals surface area contributed by atoms with E-state index in [2.05, 4.69) is 20.1 Å².